The molecular weight excluding hydrogens is 264 g/mol. The van der Waals surface area contributed by atoms with Crippen molar-refractivity contribution in [1.82, 2.24) is 14.7 Å². The van der Waals surface area contributed by atoms with E-state index in [0.717, 1.165) is 52.1 Å². The van der Waals surface area contributed by atoms with Crippen molar-refractivity contribution >= 4 is 5.91 Å². The lowest BCUT2D eigenvalue weighted by Gasteiger charge is -2.35. The van der Waals surface area contributed by atoms with Crippen LogP contribution in [0.1, 0.15) is 33.1 Å². The van der Waals surface area contributed by atoms with Crippen LogP contribution in [-0.4, -0.2) is 80.5 Å². The first kappa shape index (κ1) is 18.4. The summed E-state index contributed by atoms with van der Waals surface area (Å²) in [7, 11) is 4.20. The number of hydrogen-bond acceptors (Lipinski definition) is 4. The van der Waals surface area contributed by atoms with Crippen molar-refractivity contribution in [3.8, 4) is 0 Å². The molecule has 0 unspecified atom stereocenters. The van der Waals surface area contributed by atoms with E-state index in [4.69, 9.17) is 5.73 Å². The van der Waals surface area contributed by atoms with Gasteiger partial charge in [0.15, 0.2) is 0 Å². The Morgan fingerprint density at radius 2 is 1.76 bits per heavy atom. The van der Waals surface area contributed by atoms with Gasteiger partial charge in [-0.25, -0.2) is 0 Å². The van der Waals surface area contributed by atoms with Crippen LogP contribution in [0, 0.1) is 5.41 Å². The molecule has 0 aromatic rings. The van der Waals surface area contributed by atoms with Crippen LogP contribution in [0.3, 0.4) is 0 Å². The summed E-state index contributed by atoms with van der Waals surface area (Å²) >= 11 is 0. The summed E-state index contributed by atoms with van der Waals surface area (Å²) in [6.07, 6.45) is 2.58. The molecule has 0 aromatic carbocycles. The topological polar surface area (TPSA) is 52.8 Å². The molecule has 0 aromatic heterocycles. The Kier molecular flexibility index (Phi) is 7.63. The Labute approximate surface area is 130 Å². The van der Waals surface area contributed by atoms with E-state index < -0.39 is 0 Å². The second-order valence-corrected chi connectivity index (χ2v) is 7.23. The van der Waals surface area contributed by atoms with Crippen molar-refractivity contribution in [2.24, 2.45) is 11.1 Å². The zero-order valence-corrected chi connectivity index (χ0v) is 14.4. The average Bonchev–Trinajstić information content (AvgIpc) is 2.43. The van der Waals surface area contributed by atoms with Crippen molar-refractivity contribution in [3.05, 3.63) is 0 Å². The molecule has 124 valence electrons. The number of rotatable bonds is 8. The minimum absolute atomic E-state index is 0.179. The van der Waals surface area contributed by atoms with E-state index >= 15 is 0 Å². The molecule has 0 spiro atoms. The summed E-state index contributed by atoms with van der Waals surface area (Å²) in [5.74, 6) is 0.312. The Morgan fingerprint density at radius 1 is 1.14 bits per heavy atom. The van der Waals surface area contributed by atoms with Gasteiger partial charge < -0.3 is 15.5 Å². The number of nitrogens with two attached hydrogens (primary N) is 1. The van der Waals surface area contributed by atoms with Gasteiger partial charge in [-0.2, -0.15) is 0 Å². The van der Waals surface area contributed by atoms with Crippen LogP contribution in [0.5, 0.6) is 0 Å². The zero-order valence-electron chi connectivity index (χ0n) is 14.4. The molecule has 1 aliphatic heterocycles. The van der Waals surface area contributed by atoms with E-state index in [1.54, 1.807) is 0 Å². The SMILES string of the molecule is CN(C)CCN1CCN(C(=O)CCC(C)(C)CCN)CC1. The summed E-state index contributed by atoms with van der Waals surface area (Å²) in [4.78, 5) is 19.0. The summed E-state index contributed by atoms with van der Waals surface area (Å²) in [5, 5.41) is 0. The first-order valence-electron chi connectivity index (χ1n) is 8.19. The highest BCUT2D eigenvalue weighted by Gasteiger charge is 2.23. The van der Waals surface area contributed by atoms with Crippen molar-refractivity contribution in [1.29, 1.82) is 0 Å². The predicted molar refractivity (Wildman–Crippen MR) is 88.3 cm³/mol. The molecule has 0 bridgehead atoms. The zero-order chi connectivity index (χ0) is 15.9. The highest BCUT2D eigenvalue weighted by molar-refractivity contribution is 5.76. The van der Waals surface area contributed by atoms with Crippen molar-refractivity contribution < 1.29 is 4.79 Å². The molecule has 5 nitrogen and oxygen atoms in total. The van der Waals surface area contributed by atoms with E-state index in [-0.39, 0.29) is 5.41 Å². The molecule has 2 N–H and O–H groups in total. The lowest BCUT2D eigenvalue weighted by molar-refractivity contribution is -0.133. The molecule has 0 atom stereocenters. The fraction of sp³-hybridized carbons (Fsp3) is 0.938. The third kappa shape index (κ3) is 7.25. The Hall–Kier alpha value is -0.650. The van der Waals surface area contributed by atoms with Crippen LogP contribution in [0.4, 0.5) is 0 Å². The van der Waals surface area contributed by atoms with Crippen molar-refractivity contribution in [2.45, 2.75) is 33.1 Å². The van der Waals surface area contributed by atoms with Gasteiger partial charge >= 0.3 is 0 Å². The second-order valence-electron chi connectivity index (χ2n) is 7.23. The maximum Gasteiger partial charge on any atom is 0.222 e. The van der Waals surface area contributed by atoms with Crippen LogP contribution in [0.2, 0.25) is 0 Å². The number of piperazine rings is 1. The number of amides is 1. The van der Waals surface area contributed by atoms with Gasteiger partial charge in [0, 0.05) is 45.7 Å². The molecule has 1 heterocycles. The second kappa shape index (κ2) is 8.71. The standard InChI is InChI=1S/C16H34N4O/c1-16(2,7-8-17)6-5-15(21)20-13-11-19(12-14-20)10-9-18(3)4/h5-14,17H2,1-4H3. The normalized spacial score (nSPS) is 17.5. The number of carbonyl (C=O) groups is 1. The van der Waals surface area contributed by atoms with Gasteiger partial charge in [-0.05, 0) is 38.9 Å². The van der Waals surface area contributed by atoms with E-state index in [2.05, 4.69) is 37.7 Å². The van der Waals surface area contributed by atoms with E-state index in [1.165, 1.54) is 0 Å². The third-order valence-electron chi connectivity index (χ3n) is 4.43. The molecular formula is C16H34N4O. The third-order valence-corrected chi connectivity index (χ3v) is 4.43. The highest BCUT2D eigenvalue weighted by Crippen LogP contribution is 2.26. The van der Waals surface area contributed by atoms with Gasteiger partial charge in [-0.3, -0.25) is 9.69 Å². The minimum atomic E-state index is 0.179. The molecule has 21 heavy (non-hydrogen) atoms. The monoisotopic (exact) mass is 298 g/mol. The Balaban J connectivity index is 2.25. The summed E-state index contributed by atoms with van der Waals surface area (Å²) in [6, 6.07) is 0. The number of hydrogen-bond donors (Lipinski definition) is 1. The van der Waals surface area contributed by atoms with Crippen LogP contribution >= 0.6 is 0 Å². The molecule has 1 rings (SSSR count). The lowest BCUT2D eigenvalue weighted by Crippen LogP contribution is -2.50. The molecule has 0 aliphatic carbocycles. The molecule has 5 heteroatoms. The maximum absolute atomic E-state index is 12.3. The van der Waals surface area contributed by atoms with Gasteiger partial charge in [0.2, 0.25) is 5.91 Å². The number of likely N-dealkylation sites (N-methyl/N-ethyl adjacent to an activating group) is 1. The van der Waals surface area contributed by atoms with Gasteiger partial charge in [0.05, 0.1) is 0 Å². The van der Waals surface area contributed by atoms with Crippen LogP contribution in [0.15, 0.2) is 0 Å². The molecule has 1 saturated heterocycles. The Morgan fingerprint density at radius 3 is 2.29 bits per heavy atom. The van der Waals surface area contributed by atoms with E-state index in [9.17, 15) is 4.79 Å². The van der Waals surface area contributed by atoms with Crippen LogP contribution in [-0.2, 0) is 4.79 Å². The van der Waals surface area contributed by atoms with Gasteiger partial charge in [-0.15, -0.1) is 0 Å². The van der Waals surface area contributed by atoms with Gasteiger partial charge in [-0.1, -0.05) is 13.8 Å². The lowest BCUT2D eigenvalue weighted by atomic mass is 9.84. The first-order chi connectivity index (χ1) is 9.84. The van der Waals surface area contributed by atoms with Crippen LogP contribution < -0.4 is 5.73 Å². The predicted octanol–water partition coefficient (Wildman–Crippen LogP) is 0.847. The molecule has 0 saturated carbocycles. The van der Waals surface area contributed by atoms with E-state index in [1.807, 2.05) is 4.90 Å². The largest absolute Gasteiger partial charge is 0.340 e. The fourth-order valence-electron chi connectivity index (χ4n) is 2.68. The Bertz CT molecular complexity index is 309. The van der Waals surface area contributed by atoms with Gasteiger partial charge in [0.25, 0.3) is 0 Å². The number of nitrogens with zero attached hydrogens (tertiary/aromatic N) is 3. The average molecular weight is 298 g/mol. The van der Waals surface area contributed by atoms with Crippen molar-refractivity contribution in [3.63, 3.8) is 0 Å². The molecule has 1 aliphatic rings. The highest BCUT2D eigenvalue weighted by atomic mass is 16.2. The van der Waals surface area contributed by atoms with Gasteiger partial charge in [0.1, 0.15) is 0 Å². The first-order valence-corrected chi connectivity index (χ1v) is 8.19. The smallest absolute Gasteiger partial charge is 0.222 e. The summed E-state index contributed by atoms with van der Waals surface area (Å²) < 4.78 is 0. The molecule has 0 radical (unpaired) electrons. The summed E-state index contributed by atoms with van der Waals surface area (Å²) in [5.41, 5.74) is 5.80. The molecule has 1 fully saturated rings. The van der Waals surface area contributed by atoms with E-state index in [0.29, 0.717) is 18.9 Å². The maximum atomic E-state index is 12.3. The fourth-order valence-corrected chi connectivity index (χ4v) is 2.68. The van der Waals surface area contributed by atoms with Crippen molar-refractivity contribution in [2.75, 3.05) is 59.9 Å². The quantitative estimate of drug-likeness (QED) is 0.722. The minimum Gasteiger partial charge on any atom is -0.340 e. The molecule has 1 amide bonds. The van der Waals surface area contributed by atoms with Crippen LogP contribution in [0.25, 0.3) is 0 Å². The number of carbonyl (C=O) groups excluding carboxylic acids is 1. The summed E-state index contributed by atoms with van der Waals surface area (Å²) in [6.45, 7) is 11.1.